The van der Waals surface area contributed by atoms with Gasteiger partial charge < -0.3 is 10.1 Å². The van der Waals surface area contributed by atoms with Crippen molar-refractivity contribution < 1.29 is 4.74 Å². The third kappa shape index (κ3) is 2.70. The molecule has 0 atom stereocenters. The van der Waals surface area contributed by atoms with Crippen molar-refractivity contribution in [1.29, 1.82) is 0 Å². The van der Waals surface area contributed by atoms with Crippen LogP contribution in [0.3, 0.4) is 0 Å². The molecule has 2 fully saturated rings. The van der Waals surface area contributed by atoms with Gasteiger partial charge in [-0.05, 0) is 37.2 Å². The molecule has 1 aliphatic heterocycles. The summed E-state index contributed by atoms with van der Waals surface area (Å²) in [4.78, 5) is 0. The molecule has 17 heavy (non-hydrogen) atoms. The normalized spacial score (nSPS) is 29.9. The van der Waals surface area contributed by atoms with E-state index in [4.69, 9.17) is 4.74 Å². The van der Waals surface area contributed by atoms with Gasteiger partial charge in [-0.15, -0.1) is 0 Å². The van der Waals surface area contributed by atoms with Crippen molar-refractivity contribution in [2.24, 2.45) is 0 Å². The Kier molecular flexibility index (Phi) is 3.44. The largest absolute Gasteiger partial charge is 0.378 e. The van der Waals surface area contributed by atoms with Gasteiger partial charge in [-0.1, -0.05) is 30.3 Å². The van der Waals surface area contributed by atoms with Crippen molar-refractivity contribution >= 4 is 0 Å². The van der Waals surface area contributed by atoms with Gasteiger partial charge in [-0.25, -0.2) is 0 Å². The lowest BCUT2D eigenvalue weighted by atomic mass is 9.81. The van der Waals surface area contributed by atoms with E-state index >= 15 is 0 Å². The SMILES string of the molecule is c1ccc(C2CCC(NC3COC3)CC2)cc1. The fourth-order valence-corrected chi connectivity index (χ4v) is 2.98. The smallest absolute Gasteiger partial charge is 0.0643 e. The predicted molar refractivity (Wildman–Crippen MR) is 69.2 cm³/mol. The molecule has 0 unspecified atom stereocenters. The molecule has 92 valence electrons. The van der Waals surface area contributed by atoms with Crippen LogP contribution in [-0.4, -0.2) is 25.3 Å². The summed E-state index contributed by atoms with van der Waals surface area (Å²) >= 11 is 0. The van der Waals surface area contributed by atoms with E-state index in [1.54, 1.807) is 0 Å². The summed E-state index contributed by atoms with van der Waals surface area (Å²) in [7, 11) is 0. The Morgan fingerprint density at radius 3 is 2.18 bits per heavy atom. The molecule has 2 aliphatic rings. The molecule has 1 saturated heterocycles. The zero-order valence-electron chi connectivity index (χ0n) is 10.3. The number of hydrogen-bond acceptors (Lipinski definition) is 2. The molecule has 0 aromatic heterocycles. The van der Waals surface area contributed by atoms with Crippen molar-refractivity contribution in [3.63, 3.8) is 0 Å². The molecule has 1 aromatic rings. The summed E-state index contributed by atoms with van der Waals surface area (Å²) in [5, 5.41) is 3.70. The van der Waals surface area contributed by atoms with Crippen LogP contribution in [-0.2, 0) is 4.74 Å². The van der Waals surface area contributed by atoms with Crippen molar-refractivity contribution in [1.82, 2.24) is 5.32 Å². The van der Waals surface area contributed by atoms with Gasteiger partial charge in [-0.2, -0.15) is 0 Å². The van der Waals surface area contributed by atoms with Gasteiger partial charge in [0.25, 0.3) is 0 Å². The van der Waals surface area contributed by atoms with Crippen LogP contribution in [0.1, 0.15) is 37.2 Å². The van der Waals surface area contributed by atoms with E-state index in [0.717, 1.165) is 25.2 Å². The van der Waals surface area contributed by atoms with Gasteiger partial charge in [0.15, 0.2) is 0 Å². The Hall–Kier alpha value is -0.860. The lowest BCUT2D eigenvalue weighted by molar-refractivity contribution is -0.0121. The minimum absolute atomic E-state index is 0.633. The van der Waals surface area contributed by atoms with Crippen LogP contribution in [0.25, 0.3) is 0 Å². The molecule has 0 radical (unpaired) electrons. The van der Waals surface area contributed by atoms with E-state index in [2.05, 4.69) is 35.6 Å². The summed E-state index contributed by atoms with van der Waals surface area (Å²) in [6, 6.07) is 12.3. The molecule has 1 heterocycles. The summed E-state index contributed by atoms with van der Waals surface area (Å²) in [6.45, 7) is 1.83. The van der Waals surface area contributed by atoms with E-state index in [1.165, 1.54) is 31.2 Å². The Balaban J connectivity index is 1.50. The molecule has 1 aromatic carbocycles. The predicted octanol–water partition coefficient (Wildman–Crippen LogP) is 2.70. The maximum atomic E-state index is 5.20. The van der Waals surface area contributed by atoms with Crippen molar-refractivity contribution in [2.75, 3.05) is 13.2 Å². The monoisotopic (exact) mass is 231 g/mol. The first-order valence-electron chi connectivity index (χ1n) is 6.80. The van der Waals surface area contributed by atoms with E-state index in [-0.39, 0.29) is 0 Å². The maximum Gasteiger partial charge on any atom is 0.0643 e. The van der Waals surface area contributed by atoms with Gasteiger partial charge in [0.2, 0.25) is 0 Å². The number of benzene rings is 1. The summed E-state index contributed by atoms with van der Waals surface area (Å²) in [5.41, 5.74) is 1.53. The molecular formula is C15H21NO. The van der Waals surface area contributed by atoms with Crippen LogP contribution < -0.4 is 5.32 Å². The second-order valence-electron chi connectivity index (χ2n) is 5.36. The van der Waals surface area contributed by atoms with Gasteiger partial charge in [0, 0.05) is 6.04 Å². The highest BCUT2D eigenvalue weighted by Crippen LogP contribution is 2.32. The van der Waals surface area contributed by atoms with Crippen LogP contribution in [0.4, 0.5) is 0 Å². The average Bonchev–Trinajstić information content (AvgIpc) is 2.36. The summed E-state index contributed by atoms with van der Waals surface area (Å²) in [5.74, 6) is 0.784. The highest BCUT2D eigenvalue weighted by atomic mass is 16.5. The van der Waals surface area contributed by atoms with Crippen molar-refractivity contribution in [2.45, 2.75) is 43.7 Å². The average molecular weight is 231 g/mol. The standard InChI is InChI=1S/C15H21NO/c1-2-4-12(5-3-1)13-6-8-14(9-7-13)16-15-10-17-11-15/h1-5,13-16H,6-11H2. The maximum absolute atomic E-state index is 5.20. The number of nitrogens with one attached hydrogen (secondary N) is 1. The minimum Gasteiger partial charge on any atom is -0.378 e. The van der Waals surface area contributed by atoms with Crippen LogP contribution >= 0.6 is 0 Å². The first-order chi connectivity index (χ1) is 8.42. The second-order valence-corrected chi connectivity index (χ2v) is 5.36. The Bertz CT molecular complexity index is 339. The number of rotatable bonds is 3. The molecule has 2 nitrogen and oxygen atoms in total. The topological polar surface area (TPSA) is 21.3 Å². The Labute approximate surface area is 103 Å². The molecule has 1 saturated carbocycles. The molecular weight excluding hydrogens is 210 g/mol. The van der Waals surface area contributed by atoms with E-state index in [0.29, 0.717) is 6.04 Å². The number of ether oxygens (including phenoxy) is 1. The lowest BCUT2D eigenvalue weighted by Gasteiger charge is -2.35. The molecule has 0 amide bonds. The van der Waals surface area contributed by atoms with Gasteiger partial charge >= 0.3 is 0 Å². The molecule has 1 N–H and O–H groups in total. The van der Waals surface area contributed by atoms with Gasteiger partial charge in [-0.3, -0.25) is 0 Å². The van der Waals surface area contributed by atoms with E-state index < -0.39 is 0 Å². The number of hydrogen-bond donors (Lipinski definition) is 1. The highest BCUT2D eigenvalue weighted by Gasteiger charge is 2.26. The Morgan fingerprint density at radius 2 is 1.59 bits per heavy atom. The third-order valence-electron chi connectivity index (χ3n) is 4.11. The molecule has 0 bridgehead atoms. The zero-order chi connectivity index (χ0) is 11.5. The van der Waals surface area contributed by atoms with Crippen LogP contribution in [0.5, 0.6) is 0 Å². The quantitative estimate of drug-likeness (QED) is 0.863. The summed E-state index contributed by atoms with van der Waals surface area (Å²) in [6.07, 6.45) is 5.29. The minimum atomic E-state index is 0.633. The Morgan fingerprint density at radius 1 is 0.882 bits per heavy atom. The highest BCUT2D eigenvalue weighted by molar-refractivity contribution is 5.20. The van der Waals surface area contributed by atoms with E-state index in [1.807, 2.05) is 0 Å². The van der Waals surface area contributed by atoms with Gasteiger partial charge in [0.05, 0.1) is 19.3 Å². The van der Waals surface area contributed by atoms with E-state index in [9.17, 15) is 0 Å². The van der Waals surface area contributed by atoms with Crippen LogP contribution in [0.15, 0.2) is 30.3 Å². The van der Waals surface area contributed by atoms with Crippen LogP contribution in [0.2, 0.25) is 0 Å². The lowest BCUT2D eigenvalue weighted by Crippen LogP contribution is -2.51. The van der Waals surface area contributed by atoms with Crippen LogP contribution in [0, 0.1) is 0 Å². The molecule has 3 rings (SSSR count). The first kappa shape index (κ1) is 11.2. The van der Waals surface area contributed by atoms with Gasteiger partial charge in [0.1, 0.15) is 0 Å². The van der Waals surface area contributed by atoms with Crippen molar-refractivity contribution in [3.8, 4) is 0 Å². The molecule has 1 aliphatic carbocycles. The summed E-state index contributed by atoms with van der Waals surface area (Å²) < 4.78 is 5.20. The fraction of sp³-hybridized carbons (Fsp3) is 0.600. The molecule has 2 heteroatoms. The fourth-order valence-electron chi connectivity index (χ4n) is 2.98. The first-order valence-corrected chi connectivity index (χ1v) is 6.80. The zero-order valence-corrected chi connectivity index (χ0v) is 10.3. The second kappa shape index (κ2) is 5.19. The van der Waals surface area contributed by atoms with Crippen molar-refractivity contribution in [3.05, 3.63) is 35.9 Å². The third-order valence-corrected chi connectivity index (χ3v) is 4.11. The molecule has 0 spiro atoms.